The molecule has 1 aromatic rings. The van der Waals surface area contributed by atoms with Gasteiger partial charge in [-0.2, -0.15) is 0 Å². The Kier molecular flexibility index (Phi) is 4.24. The van der Waals surface area contributed by atoms with Crippen molar-refractivity contribution in [2.24, 2.45) is 11.7 Å². The van der Waals surface area contributed by atoms with Crippen LogP contribution in [0.5, 0.6) is 0 Å². The van der Waals surface area contributed by atoms with Crippen molar-refractivity contribution in [2.75, 3.05) is 18.8 Å². The molecule has 1 fully saturated rings. The van der Waals surface area contributed by atoms with Crippen molar-refractivity contribution < 1.29 is 4.79 Å². The SMILES string of the molecule is NC(=O)C1CCN(Cc2ccc(Br)cc2N)CC1. The number of rotatable bonds is 3. The maximum atomic E-state index is 11.1. The molecule has 0 spiro atoms. The molecule has 2 rings (SSSR count). The van der Waals surface area contributed by atoms with Gasteiger partial charge in [0.15, 0.2) is 0 Å². The van der Waals surface area contributed by atoms with Crippen molar-refractivity contribution in [3.05, 3.63) is 28.2 Å². The highest BCUT2D eigenvalue weighted by atomic mass is 79.9. The van der Waals surface area contributed by atoms with E-state index in [2.05, 4.69) is 20.8 Å². The molecule has 1 aliphatic heterocycles. The molecular formula is C13H18BrN3O. The second-order valence-electron chi connectivity index (χ2n) is 4.80. The Morgan fingerprint density at radius 2 is 2.06 bits per heavy atom. The summed E-state index contributed by atoms with van der Waals surface area (Å²) in [6, 6.07) is 5.97. The van der Waals surface area contributed by atoms with E-state index in [1.165, 1.54) is 0 Å². The lowest BCUT2D eigenvalue weighted by Crippen LogP contribution is -2.38. The van der Waals surface area contributed by atoms with E-state index >= 15 is 0 Å². The van der Waals surface area contributed by atoms with Gasteiger partial charge < -0.3 is 11.5 Å². The molecule has 0 bridgehead atoms. The maximum Gasteiger partial charge on any atom is 0.220 e. The minimum atomic E-state index is -0.169. The Bertz CT molecular complexity index is 442. The lowest BCUT2D eigenvalue weighted by molar-refractivity contribution is -0.123. The molecule has 1 amide bonds. The summed E-state index contributed by atoms with van der Waals surface area (Å²) in [4.78, 5) is 13.4. The number of nitrogens with two attached hydrogens (primary N) is 2. The fourth-order valence-corrected chi connectivity index (χ4v) is 2.71. The third-order valence-electron chi connectivity index (χ3n) is 3.49. The van der Waals surface area contributed by atoms with Crippen molar-refractivity contribution in [3.8, 4) is 0 Å². The van der Waals surface area contributed by atoms with E-state index in [-0.39, 0.29) is 11.8 Å². The molecule has 4 nitrogen and oxygen atoms in total. The van der Waals surface area contributed by atoms with Crippen LogP contribution < -0.4 is 11.5 Å². The third kappa shape index (κ3) is 3.23. The first-order chi connectivity index (χ1) is 8.56. The fraction of sp³-hybridized carbons (Fsp3) is 0.462. The van der Waals surface area contributed by atoms with E-state index in [1.54, 1.807) is 0 Å². The molecule has 5 heteroatoms. The molecule has 0 aromatic heterocycles. The molecule has 0 atom stereocenters. The Morgan fingerprint density at radius 3 is 2.61 bits per heavy atom. The van der Waals surface area contributed by atoms with Gasteiger partial charge in [-0.05, 0) is 43.6 Å². The molecule has 0 saturated carbocycles. The molecule has 0 unspecified atom stereocenters. The zero-order chi connectivity index (χ0) is 13.1. The van der Waals surface area contributed by atoms with E-state index in [0.29, 0.717) is 0 Å². The van der Waals surface area contributed by atoms with Crippen LogP contribution in [0.25, 0.3) is 0 Å². The quantitative estimate of drug-likeness (QED) is 0.835. The topological polar surface area (TPSA) is 72.4 Å². The van der Waals surface area contributed by atoms with E-state index < -0.39 is 0 Å². The molecule has 18 heavy (non-hydrogen) atoms. The molecule has 0 aliphatic carbocycles. The standard InChI is InChI=1S/C13H18BrN3O/c14-11-2-1-10(12(15)7-11)8-17-5-3-9(4-6-17)13(16)18/h1-2,7,9H,3-6,8,15H2,(H2,16,18). The summed E-state index contributed by atoms with van der Waals surface area (Å²) in [7, 11) is 0. The van der Waals surface area contributed by atoms with Gasteiger partial charge in [-0.3, -0.25) is 9.69 Å². The van der Waals surface area contributed by atoms with Gasteiger partial charge in [0.1, 0.15) is 0 Å². The predicted molar refractivity (Wildman–Crippen MR) is 75.7 cm³/mol. The first kappa shape index (κ1) is 13.4. The molecule has 0 radical (unpaired) electrons. The van der Waals surface area contributed by atoms with Crippen LogP contribution in [0.3, 0.4) is 0 Å². The van der Waals surface area contributed by atoms with Crippen molar-refractivity contribution in [3.63, 3.8) is 0 Å². The van der Waals surface area contributed by atoms with Crippen molar-refractivity contribution in [1.82, 2.24) is 4.90 Å². The number of nitrogen functional groups attached to an aromatic ring is 1. The molecule has 4 N–H and O–H groups in total. The molecule has 1 aromatic carbocycles. The van der Waals surface area contributed by atoms with Gasteiger partial charge in [0.25, 0.3) is 0 Å². The summed E-state index contributed by atoms with van der Waals surface area (Å²) in [5.74, 6) is -0.124. The normalized spacial score (nSPS) is 17.8. The Morgan fingerprint density at radius 1 is 1.39 bits per heavy atom. The van der Waals surface area contributed by atoms with Gasteiger partial charge in [0.05, 0.1) is 0 Å². The zero-order valence-electron chi connectivity index (χ0n) is 10.2. The van der Waals surface area contributed by atoms with Gasteiger partial charge >= 0.3 is 0 Å². The van der Waals surface area contributed by atoms with Gasteiger partial charge in [-0.15, -0.1) is 0 Å². The second kappa shape index (κ2) is 5.71. The van der Waals surface area contributed by atoms with E-state index in [4.69, 9.17) is 11.5 Å². The number of carbonyl (C=O) groups is 1. The lowest BCUT2D eigenvalue weighted by atomic mass is 9.96. The molecule has 1 aliphatic rings. The fourth-order valence-electron chi connectivity index (χ4n) is 2.33. The van der Waals surface area contributed by atoms with E-state index in [0.717, 1.165) is 48.2 Å². The van der Waals surface area contributed by atoms with Crippen molar-refractivity contribution in [2.45, 2.75) is 19.4 Å². The van der Waals surface area contributed by atoms with Gasteiger partial charge in [-0.1, -0.05) is 22.0 Å². The summed E-state index contributed by atoms with van der Waals surface area (Å²) < 4.78 is 0.996. The van der Waals surface area contributed by atoms with E-state index in [9.17, 15) is 4.79 Å². The van der Waals surface area contributed by atoms with Crippen molar-refractivity contribution in [1.29, 1.82) is 0 Å². The first-order valence-corrected chi connectivity index (χ1v) is 6.91. The highest BCUT2D eigenvalue weighted by Crippen LogP contribution is 2.23. The van der Waals surface area contributed by atoms with Gasteiger partial charge in [0.2, 0.25) is 5.91 Å². The molecule has 1 saturated heterocycles. The van der Waals surface area contributed by atoms with Gasteiger partial charge in [-0.25, -0.2) is 0 Å². The van der Waals surface area contributed by atoms with Crippen molar-refractivity contribution >= 4 is 27.5 Å². The molecule has 98 valence electrons. The summed E-state index contributed by atoms with van der Waals surface area (Å²) in [6.45, 7) is 2.65. The average Bonchev–Trinajstić information content (AvgIpc) is 2.33. The number of nitrogens with zero attached hydrogens (tertiary/aromatic N) is 1. The third-order valence-corrected chi connectivity index (χ3v) is 3.99. The van der Waals surface area contributed by atoms with Crippen LogP contribution in [0, 0.1) is 5.92 Å². The van der Waals surface area contributed by atoms with Crippen LogP contribution >= 0.6 is 15.9 Å². The number of hydrogen-bond donors (Lipinski definition) is 2. The molecule has 1 heterocycles. The summed E-state index contributed by atoms with van der Waals surface area (Å²) in [5, 5.41) is 0. The number of piperidine rings is 1. The smallest absolute Gasteiger partial charge is 0.220 e. The van der Waals surface area contributed by atoms with Crippen LogP contribution in [-0.4, -0.2) is 23.9 Å². The summed E-state index contributed by atoms with van der Waals surface area (Å²) in [5.41, 5.74) is 13.2. The minimum Gasteiger partial charge on any atom is -0.398 e. The summed E-state index contributed by atoms with van der Waals surface area (Å²) >= 11 is 3.40. The minimum absolute atomic E-state index is 0.0449. The number of likely N-dealkylation sites (tertiary alicyclic amines) is 1. The number of carbonyl (C=O) groups excluding carboxylic acids is 1. The largest absolute Gasteiger partial charge is 0.398 e. The number of primary amides is 1. The van der Waals surface area contributed by atoms with Crippen LogP contribution in [-0.2, 0) is 11.3 Å². The Labute approximate surface area is 115 Å². The highest BCUT2D eigenvalue weighted by molar-refractivity contribution is 9.10. The Balaban J connectivity index is 1.93. The van der Waals surface area contributed by atoms with Gasteiger partial charge in [0, 0.05) is 22.6 Å². The van der Waals surface area contributed by atoms with E-state index in [1.807, 2.05) is 18.2 Å². The number of benzene rings is 1. The zero-order valence-corrected chi connectivity index (χ0v) is 11.8. The monoisotopic (exact) mass is 311 g/mol. The predicted octanol–water partition coefficient (Wildman–Crippen LogP) is 1.73. The number of hydrogen-bond acceptors (Lipinski definition) is 3. The number of amides is 1. The second-order valence-corrected chi connectivity index (χ2v) is 5.71. The first-order valence-electron chi connectivity index (χ1n) is 6.12. The Hall–Kier alpha value is -1.07. The number of halogens is 1. The highest BCUT2D eigenvalue weighted by Gasteiger charge is 2.23. The number of anilines is 1. The van der Waals surface area contributed by atoms with Crippen LogP contribution in [0.1, 0.15) is 18.4 Å². The summed E-state index contributed by atoms with van der Waals surface area (Å²) in [6.07, 6.45) is 1.71. The van der Waals surface area contributed by atoms with Crippen LogP contribution in [0.2, 0.25) is 0 Å². The van der Waals surface area contributed by atoms with Crippen LogP contribution in [0.15, 0.2) is 22.7 Å². The van der Waals surface area contributed by atoms with Crippen LogP contribution in [0.4, 0.5) is 5.69 Å². The lowest BCUT2D eigenvalue weighted by Gasteiger charge is -2.30. The average molecular weight is 312 g/mol. The maximum absolute atomic E-state index is 11.1. The molecular weight excluding hydrogens is 294 g/mol.